The Hall–Kier alpha value is -3.18. The molecule has 0 radical (unpaired) electrons. The summed E-state index contributed by atoms with van der Waals surface area (Å²) in [5.74, 6) is 1.99. The normalized spacial score (nSPS) is 11.4. The van der Waals surface area contributed by atoms with E-state index in [2.05, 4.69) is 5.32 Å². The van der Waals surface area contributed by atoms with Gasteiger partial charge in [-0.2, -0.15) is 0 Å². The van der Waals surface area contributed by atoms with E-state index < -0.39 is 0 Å². The molecule has 0 fully saturated rings. The Morgan fingerprint density at radius 3 is 2.17 bits per heavy atom. The molecule has 0 aliphatic rings. The molecule has 0 aliphatic heterocycles. The summed E-state index contributed by atoms with van der Waals surface area (Å²) >= 11 is 6.14. The lowest BCUT2D eigenvalue weighted by Gasteiger charge is -2.15. The Balaban J connectivity index is 1.46. The third-order valence-electron chi connectivity index (χ3n) is 4.41. The van der Waals surface area contributed by atoms with Crippen LogP contribution in [-0.2, 0) is 6.61 Å². The van der Waals surface area contributed by atoms with Crippen LogP contribution in [0.4, 0.5) is 0 Å². The fourth-order valence-electron chi connectivity index (χ4n) is 2.72. The molecule has 1 N–H and O–H groups in total. The summed E-state index contributed by atoms with van der Waals surface area (Å²) in [6.45, 7) is 2.62. The quantitative estimate of drug-likeness (QED) is 0.516. The molecule has 0 aromatic heterocycles. The van der Waals surface area contributed by atoms with Gasteiger partial charge < -0.3 is 19.5 Å². The molecular weight excluding hydrogens is 402 g/mol. The molecular formula is C24H24ClNO4. The maximum Gasteiger partial charge on any atom is 0.251 e. The fourth-order valence-corrected chi connectivity index (χ4v) is 2.91. The van der Waals surface area contributed by atoms with Gasteiger partial charge in [-0.3, -0.25) is 4.79 Å². The van der Waals surface area contributed by atoms with Gasteiger partial charge in [-0.05, 0) is 61.5 Å². The van der Waals surface area contributed by atoms with Gasteiger partial charge in [-0.25, -0.2) is 0 Å². The van der Waals surface area contributed by atoms with E-state index >= 15 is 0 Å². The summed E-state index contributed by atoms with van der Waals surface area (Å²) < 4.78 is 16.6. The van der Waals surface area contributed by atoms with E-state index in [-0.39, 0.29) is 11.9 Å². The van der Waals surface area contributed by atoms with Crippen LogP contribution in [0.1, 0.15) is 22.8 Å². The zero-order valence-electron chi connectivity index (χ0n) is 16.9. The van der Waals surface area contributed by atoms with Crippen molar-refractivity contribution >= 4 is 17.5 Å². The van der Waals surface area contributed by atoms with E-state index in [1.807, 2.05) is 55.5 Å². The number of halogens is 1. The molecule has 0 spiro atoms. The number of nitrogens with one attached hydrogen (secondary N) is 1. The van der Waals surface area contributed by atoms with E-state index in [4.69, 9.17) is 25.8 Å². The standard InChI is InChI=1S/C24H24ClNO4/c1-17(15-29-22-13-11-20(28-2)12-14-22)26-24(27)18-7-9-21(10-8-18)30-16-19-5-3-4-6-23(19)25/h3-14,17H,15-16H2,1-2H3,(H,26,27)/t17-/m0/s1. The lowest BCUT2D eigenvalue weighted by Crippen LogP contribution is -2.36. The van der Waals surface area contributed by atoms with Gasteiger partial charge >= 0.3 is 0 Å². The Labute approximate surface area is 181 Å². The van der Waals surface area contributed by atoms with Gasteiger partial charge in [0.25, 0.3) is 5.91 Å². The van der Waals surface area contributed by atoms with E-state index in [0.717, 1.165) is 17.1 Å². The SMILES string of the molecule is COc1ccc(OC[C@H](C)NC(=O)c2ccc(OCc3ccccc3Cl)cc2)cc1. The summed E-state index contributed by atoms with van der Waals surface area (Å²) in [6, 6.07) is 21.7. The highest BCUT2D eigenvalue weighted by atomic mass is 35.5. The van der Waals surface area contributed by atoms with Gasteiger partial charge in [0.1, 0.15) is 30.5 Å². The van der Waals surface area contributed by atoms with Crippen LogP contribution < -0.4 is 19.5 Å². The maximum absolute atomic E-state index is 12.4. The molecule has 3 rings (SSSR count). The summed E-state index contributed by atoms with van der Waals surface area (Å²) in [4.78, 5) is 12.4. The van der Waals surface area contributed by atoms with Crippen LogP contribution in [-0.4, -0.2) is 25.7 Å². The number of amides is 1. The van der Waals surface area contributed by atoms with Gasteiger partial charge in [0.15, 0.2) is 0 Å². The molecule has 1 amide bonds. The minimum Gasteiger partial charge on any atom is -0.497 e. The summed E-state index contributed by atoms with van der Waals surface area (Å²) in [6.07, 6.45) is 0. The predicted octanol–water partition coefficient (Wildman–Crippen LogP) is 5.12. The Morgan fingerprint density at radius 2 is 1.50 bits per heavy atom. The first-order valence-corrected chi connectivity index (χ1v) is 9.97. The summed E-state index contributed by atoms with van der Waals surface area (Å²) in [7, 11) is 1.62. The van der Waals surface area contributed by atoms with Crippen molar-refractivity contribution < 1.29 is 19.0 Å². The second kappa shape index (κ2) is 10.6. The lowest BCUT2D eigenvalue weighted by molar-refractivity contribution is 0.0926. The lowest BCUT2D eigenvalue weighted by atomic mass is 10.2. The third-order valence-corrected chi connectivity index (χ3v) is 4.77. The van der Waals surface area contributed by atoms with Gasteiger partial charge in [-0.1, -0.05) is 29.8 Å². The Morgan fingerprint density at radius 1 is 0.900 bits per heavy atom. The molecule has 1 atom stereocenters. The highest BCUT2D eigenvalue weighted by molar-refractivity contribution is 6.31. The monoisotopic (exact) mass is 425 g/mol. The van der Waals surface area contributed by atoms with Crippen LogP contribution >= 0.6 is 11.6 Å². The number of rotatable bonds is 9. The van der Waals surface area contributed by atoms with E-state index in [0.29, 0.717) is 29.5 Å². The van der Waals surface area contributed by atoms with Crippen molar-refractivity contribution in [3.8, 4) is 17.2 Å². The number of carbonyl (C=O) groups is 1. The molecule has 0 heterocycles. The van der Waals surface area contributed by atoms with Crippen LogP contribution in [0.5, 0.6) is 17.2 Å². The maximum atomic E-state index is 12.4. The Kier molecular flexibility index (Phi) is 7.57. The molecule has 156 valence electrons. The number of benzene rings is 3. The van der Waals surface area contributed by atoms with Crippen LogP contribution in [0.3, 0.4) is 0 Å². The second-order valence-corrected chi connectivity index (χ2v) is 7.17. The number of hydrogen-bond acceptors (Lipinski definition) is 4. The number of carbonyl (C=O) groups excluding carboxylic acids is 1. The Bertz CT molecular complexity index is 958. The first-order valence-electron chi connectivity index (χ1n) is 9.59. The van der Waals surface area contributed by atoms with Crippen molar-refractivity contribution in [2.45, 2.75) is 19.6 Å². The largest absolute Gasteiger partial charge is 0.497 e. The summed E-state index contributed by atoms with van der Waals surface area (Å²) in [5.41, 5.74) is 1.46. The van der Waals surface area contributed by atoms with Crippen molar-refractivity contribution in [1.82, 2.24) is 5.32 Å². The molecule has 5 nitrogen and oxygen atoms in total. The minimum atomic E-state index is -0.168. The molecule has 0 saturated carbocycles. The van der Waals surface area contributed by atoms with Crippen LogP contribution in [0, 0.1) is 0 Å². The predicted molar refractivity (Wildman–Crippen MR) is 118 cm³/mol. The average molecular weight is 426 g/mol. The molecule has 0 unspecified atom stereocenters. The first-order chi connectivity index (χ1) is 14.5. The molecule has 3 aromatic rings. The van der Waals surface area contributed by atoms with Crippen LogP contribution in [0.15, 0.2) is 72.8 Å². The molecule has 30 heavy (non-hydrogen) atoms. The van der Waals surface area contributed by atoms with Gasteiger partial charge in [0.05, 0.1) is 13.2 Å². The van der Waals surface area contributed by atoms with E-state index in [1.165, 1.54) is 0 Å². The van der Waals surface area contributed by atoms with E-state index in [9.17, 15) is 4.79 Å². The highest BCUT2D eigenvalue weighted by Gasteiger charge is 2.11. The zero-order valence-corrected chi connectivity index (χ0v) is 17.7. The van der Waals surface area contributed by atoms with Crippen molar-refractivity contribution in [2.75, 3.05) is 13.7 Å². The summed E-state index contributed by atoms with van der Waals surface area (Å²) in [5, 5.41) is 3.59. The van der Waals surface area contributed by atoms with Gasteiger partial charge in [0, 0.05) is 16.1 Å². The van der Waals surface area contributed by atoms with Crippen LogP contribution in [0.2, 0.25) is 5.02 Å². The molecule has 6 heteroatoms. The average Bonchev–Trinajstić information content (AvgIpc) is 2.78. The van der Waals surface area contributed by atoms with Gasteiger partial charge in [0.2, 0.25) is 0 Å². The van der Waals surface area contributed by atoms with Crippen molar-refractivity contribution in [1.29, 1.82) is 0 Å². The molecule has 3 aromatic carbocycles. The number of hydrogen-bond donors (Lipinski definition) is 1. The molecule has 0 saturated heterocycles. The topological polar surface area (TPSA) is 56.8 Å². The molecule has 0 bridgehead atoms. The van der Waals surface area contributed by atoms with Crippen LogP contribution in [0.25, 0.3) is 0 Å². The number of methoxy groups -OCH3 is 1. The van der Waals surface area contributed by atoms with Crippen molar-refractivity contribution in [3.05, 3.63) is 88.9 Å². The first kappa shape index (κ1) is 21.5. The molecule has 0 aliphatic carbocycles. The number of ether oxygens (including phenoxy) is 3. The minimum absolute atomic E-state index is 0.157. The van der Waals surface area contributed by atoms with Crippen molar-refractivity contribution in [3.63, 3.8) is 0 Å². The second-order valence-electron chi connectivity index (χ2n) is 6.77. The highest BCUT2D eigenvalue weighted by Crippen LogP contribution is 2.19. The van der Waals surface area contributed by atoms with Gasteiger partial charge in [-0.15, -0.1) is 0 Å². The fraction of sp³-hybridized carbons (Fsp3) is 0.208. The third kappa shape index (κ3) is 6.16. The smallest absolute Gasteiger partial charge is 0.251 e. The van der Waals surface area contributed by atoms with Crippen molar-refractivity contribution in [2.24, 2.45) is 0 Å². The van der Waals surface area contributed by atoms with E-state index in [1.54, 1.807) is 31.4 Å². The zero-order chi connectivity index (χ0) is 21.3.